The van der Waals surface area contributed by atoms with E-state index in [9.17, 15) is 9.90 Å². The van der Waals surface area contributed by atoms with Gasteiger partial charge in [0.25, 0.3) is 0 Å². The van der Waals surface area contributed by atoms with E-state index in [0.717, 1.165) is 11.1 Å². The van der Waals surface area contributed by atoms with E-state index in [0.29, 0.717) is 38.5 Å². The Hall–Kier alpha value is -2.50. The summed E-state index contributed by atoms with van der Waals surface area (Å²) in [6.45, 7) is 5.16. The summed E-state index contributed by atoms with van der Waals surface area (Å²) in [4.78, 5) is 11.5. The molecular weight excluding hydrogens is 296 g/mol. The number of carbonyl (C=O) groups excluding carboxylic acids is 1. The summed E-state index contributed by atoms with van der Waals surface area (Å²) >= 11 is 0. The number of carbonyl (C=O) groups is 1. The van der Waals surface area contributed by atoms with Crippen molar-refractivity contribution in [1.29, 1.82) is 0 Å². The minimum Gasteiger partial charge on any atom is -0.508 e. The molecule has 2 rings (SSSR count). The highest BCUT2D eigenvalue weighted by molar-refractivity contribution is 5.69. The van der Waals surface area contributed by atoms with Gasteiger partial charge in [0, 0.05) is 18.2 Å². The number of benzene rings is 1. The number of aromatic nitrogens is 2. The third kappa shape index (κ3) is 5.02. The van der Waals surface area contributed by atoms with Gasteiger partial charge in [-0.2, -0.15) is 0 Å². The second kappa shape index (κ2) is 8.22. The average molecular weight is 318 g/mol. The molecule has 0 saturated heterocycles. The highest BCUT2D eigenvalue weighted by atomic mass is 16.5. The first-order valence-electron chi connectivity index (χ1n) is 7.75. The van der Waals surface area contributed by atoms with Crippen LogP contribution < -0.4 is 4.74 Å². The van der Waals surface area contributed by atoms with Crippen molar-refractivity contribution in [3.63, 3.8) is 0 Å². The standard InChI is InChI=1S/C17H22N2O4/c1-3-22-16(21)10-7-14-12-19(18-17(14)23-4-2)11-13-5-8-15(20)9-6-13/h5-6,8-9,12,20H,3-4,7,10-11H2,1-2H3. The zero-order chi connectivity index (χ0) is 16.7. The zero-order valence-electron chi connectivity index (χ0n) is 13.5. The van der Waals surface area contributed by atoms with Crippen LogP contribution in [0.5, 0.6) is 11.6 Å². The highest BCUT2D eigenvalue weighted by Gasteiger charge is 2.13. The van der Waals surface area contributed by atoms with Crippen molar-refractivity contribution in [2.24, 2.45) is 0 Å². The van der Waals surface area contributed by atoms with Crippen LogP contribution in [0.15, 0.2) is 30.5 Å². The number of esters is 1. The Morgan fingerprint density at radius 1 is 1.22 bits per heavy atom. The van der Waals surface area contributed by atoms with Crippen LogP contribution in [-0.4, -0.2) is 34.1 Å². The van der Waals surface area contributed by atoms with Crippen molar-refractivity contribution >= 4 is 5.97 Å². The van der Waals surface area contributed by atoms with E-state index >= 15 is 0 Å². The number of nitrogens with zero attached hydrogens (tertiary/aromatic N) is 2. The fourth-order valence-electron chi connectivity index (χ4n) is 2.21. The van der Waals surface area contributed by atoms with Crippen molar-refractivity contribution in [3.8, 4) is 11.6 Å². The minimum atomic E-state index is -0.221. The van der Waals surface area contributed by atoms with Gasteiger partial charge < -0.3 is 14.6 Å². The van der Waals surface area contributed by atoms with E-state index in [1.54, 1.807) is 23.7 Å². The Kier molecular flexibility index (Phi) is 6.02. The number of phenolic OH excluding ortho intramolecular Hbond substituents is 1. The lowest BCUT2D eigenvalue weighted by molar-refractivity contribution is -0.143. The Balaban J connectivity index is 2.07. The molecular formula is C17H22N2O4. The Morgan fingerprint density at radius 2 is 1.96 bits per heavy atom. The molecule has 6 heteroatoms. The van der Waals surface area contributed by atoms with Crippen molar-refractivity contribution in [1.82, 2.24) is 9.78 Å². The van der Waals surface area contributed by atoms with Gasteiger partial charge in [-0.05, 0) is 38.0 Å². The van der Waals surface area contributed by atoms with Crippen LogP contribution in [0.25, 0.3) is 0 Å². The molecule has 0 aliphatic carbocycles. The fourth-order valence-corrected chi connectivity index (χ4v) is 2.21. The predicted molar refractivity (Wildman–Crippen MR) is 85.6 cm³/mol. The third-order valence-corrected chi connectivity index (χ3v) is 3.26. The van der Waals surface area contributed by atoms with Crippen molar-refractivity contribution in [3.05, 3.63) is 41.6 Å². The minimum absolute atomic E-state index is 0.221. The monoisotopic (exact) mass is 318 g/mol. The van der Waals surface area contributed by atoms with Gasteiger partial charge in [0.2, 0.25) is 5.88 Å². The molecule has 0 unspecified atom stereocenters. The smallest absolute Gasteiger partial charge is 0.306 e. The lowest BCUT2D eigenvalue weighted by atomic mass is 10.2. The molecule has 6 nitrogen and oxygen atoms in total. The normalized spacial score (nSPS) is 10.5. The van der Waals surface area contributed by atoms with Gasteiger partial charge in [-0.25, -0.2) is 0 Å². The maximum absolute atomic E-state index is 11.5. The maximum atomic E-state index is 11.5. The first-order chi connectivity index (χ1) is 11.1. The number of hydrogen-bond donors (Lipinski definition) is 1. The first kappa shape index (κ1) is 16.9. The molecule has 0 bridgehead atoms. The third-order valence-electron chi connectivity index (χ3n) is 3.26. The fraction of sp³-hybridized carbons (Fsp3) is 0.412. The van der Waals surface area contributed by atoms with Gasteiger partial charge in [0.15, 0.2) is 0 Å². The molecule has 1 N–H and O–H groups in total. The molecule has 0 atom stereocenters. The maximum Gasteiger partial charge on any atom is 0.306 e. The summed E-state index contributed by atoms with van der Waals surface area (Å²) in [6, 6.07) is 6.97. The molecule has 0 spiro atoms. The van der Waals surface area contributed by atoms with Gasteiger partial charge in [-0.1, -0.05) is 12.1 Å². The molecule has 1 aromatic heterocycles. The summed E-state index contributed by atoms with van der Waals surface area (Å²) in [5.41, 5.74) is 1.91. The van der Waals surface area contributed by atoms with Gasteiger partial charge in [-0.15, -0.1) is 5.10 Å². The zero-order valence-corrected chi connectivity index (χ0v) is 13.5. The summed E-state index contributed by atoms with van der Waals surface area (Å²) < 4.78 is 12.3. The number of rotatable bonds is 8. The van der Waals surface area contributed by atoms with Crippen LogP contribution in [0.1, 0.15) is 31.4 Å². The van der Waals surface area contributed by atoms with Crippen molar-refractivity contribution < 1.29 is 19.4 Å². The van der Waals surface area contributed by atoms with Crippen LogP contribution in [0, 0.1) is 0 Å². The van der Waals surface area contributed by atoms with Crippen LogP contribution in [-0.2, 0) is 22.5 Å². The Morgan fingerprint density at radius 3 is 2.61 bits per heavy atom. The number of ether oxygens (including phenoxy) is 2. The number of aromatic hydroxyl groups is 1. The molecule has 1 aromatic carbocycles. The van der Waals surface area contributed by atoms with Gasteiger partial charge in [0.1, 0.15) is 5.75 Å². The van der Waals surface area contributed by atoms with Gasteiger partial charge in [0.05, 0.1) is 19.8 Å². The van der Waals surface area contributed by atoms with Gasteiger partial charge in [-0.3, -0.25) is 9.48 Å². The summed E-state index contributed by atoms with van der Waals surface area (Å²) in [7, 11) is 0. The van der Waals surface area contributed by atoms with Crippen LogP contribution in [0.4, 0.5) is 0 Å². The molecule has 0 radical (unpaired) electrons. The van der Waals surface area contributed by atoms with E-state index in [1.807, 2.05) is 25.3 Å². The molecule has 0 amide bonds. The van der Waals surface area contributed by atoms with E-state index in [-0.39, 0.29) is 11.7 Å². The summed E-state index contributed by atoms with van der Waals surface area (Å²) in [6.07, 6.45) is 2.72. The topological polar surface area (TPSA) is 73.6 Å². The van der Waals surface area contributed by atoms with E-state index < -0.39 is 0 Å². The molecule has 0 aliphatic heterocycles. The van der Waals surface area contributed by atoms with Crippen LogP contribution in [0.3, 0.4) is 0 Å². The summed E-state index contributed by atoms with van der Waals surface area (Å²) in [5.74, 6) is 0.566. The quantitative estimate of drug-likeness (QED) is 0.757. The second-order valence-electron chi connectivity index (χ2n) is 5.06. The van der Waals surface area contributed by atoms with Crippen molar-refractivity contribution in [2.45, 2.75) is 33.2 Å². The summed E-state index contributed by atoms with van der Waals surface area (Å²) in [5, 5.41) is 13.7. The van der Waals surface area contributed by atoms with E-state index in [4.69, 9.17) is 9.47 Å². The van der Waals surface area contributed by atoms with Crippen molar-refractivity contribution in [2.75, 3.05) is 13.2 Å². The van der Waals surface area contributed by atoms with Crippen LogP contribution >= 0.6 is 0 Å². The largest absolute Gasteiger partial charge is 0.508 e. The Bertz CT molecular complexity index is 635. The predicted octanol–water partition coefficient (Wildman–Crippen LogP) is 2.53. The lowest BCUT2D eigenvalue weighted by Crippen LogP contribution is -2.05. The number of hydrogen-bond acceptors (Lipinski definition) is 5. The van der Waals surface area contributed by atoms with Gasteiger partial charge >= 0.3 is 5.97 Å². The molecule has 0 aliphatic rings. The second-order valence-corrected chi connectivity index (χ2v) is 5.06. The molecule has 2 aromatic rings. The SMILES string of the molecule is CCOC(=O)CCc1cn(Cc2ccc(O)cc2)nc1OCC. The number of aryl methyl sites for hydroxylation is 1. The van der Waals surface area contributed by atoms with E-state index in [1.165, 1.54) is 0 Å². The molecule has 0 fully saturated rings. The Labute approximate surface area is 135 Å². The number of phenols is 1. The molecule has 124 valence electrons. The average Bonchev–Trinajstić information content (AvgIpc) is 2.90. The van der Waals surface area contributed by atoms with E-state index in [2.05, 4.69) is 5.10 Å². The first-order valence-corrected chi connectivity index (χ1v) is 7.75. The molecule has 1 heterocycles. The lowest BCUT2D eigenvalue weighted by Gasteiger charge is -2.03. The highest BCUT2D eigenvalue weighted by Crippen LogP contribution is 2.19. The molecule has 0 saturated carbocycles. The molecule has 23 heavy (non-hydrogen) atoms. The van der Waals surface area contributed by atoms with Crippen LogP contribution in [0.2, 0.25) is 0 Å².